The highest BCUT2D eigenvalue weighted by Gasteiger charge is 2.21. The zero-order valence-corrected chi connectivity index (χ0v) is 18.4. The molecule has 7 heteroatoms. The Hall–Kier alpha value is -2.51. The molecule has 0 saturated carbocycles. The molecule has 3 aromatic rings. The van der Waals surface area contributed by atoms with Crippen LogP contribution in [0.4, 0.5) is 5.69 Å². The number of azo groups is 1. The summed E-state index contributed by atoms with van der Waals surface area (Å²) < 4.78 is 2.79. The minimum absolute atomic E-state index is 0.0658. The van der Waals surface area contributed by atoms with E-state index in [-0.39, 0.29) is 18.2 Å². The quantitative estimate of drug-likeness (QED) is 0.544. The van der Waals surface area contributed by atoms with Gasteiger partial charge in [-0.3, -0.25) is 9.36 Å². The van der Waals surface area contributed by atoms with Gasteiger partial charge in [0.15, 0.2) is 12.4 Å². The fourth-order valence-corrected chi connectivity index (χ4v) is 4.44. The molecule has 6 nitrogen and oxygen atoms in total. The molecule has 0 atom stereocenters. The van der Waals surface area contributed by atoms with E-state index in [0.29, 0.717) is 12.4 Å². The third-order valence-electron chi connectivity index (χ3n) is 5.62. The van der Waals surface area contributed by atoms with E-state index in [1.165, 1.54) is 30.6 Å². The van der Waals surface area contributed by atoms with Crippen molar-refractivity contribution in [1.29, 1.82) is 0 Å². The van der Waals surface area contributed by atoms with Crippen LogP contribution in [0.3, 0.4) is 0 Å². The lowest BCUT2D eigenvalue weighted by Crippen LogP contribution is -3.11. The molecule has 0 unspecified atom stereocenters. The van der Waals surface area contributed by atoms with Crippen molar-refractivity contribution in [2.45, 2.75) is 38.8 Å². The van der Waals surface area contributed by atoms with Crippen molar-refractivity contribution >= 4 is 38.4 Å². The SMILES string of the molecule is O=C(Cc1ccccc1)N=Nc1c(O)n(C[NH+]2CCCCCC2)c2ccc(Br)cc12. The smallest absolute Gasteiger partial charge is 0.269 e. The number of aromatic nitrogens is 1. The number of amides is 1. The van der Waals surface area contributed by atoms with E-state index >= 15 is 0 Å². The molecular formula is C23H26BrN4O2+. The highest BCUT2D eigenvalue weighted by atomic mass is 79.9. The number of nitrogens with zero attached hydrogens (tertiary/aromatic N) is 3. The standard InChI is InChI=1S/C23H25BrN4O2/c24-18-10-11-20-19(15-18)22(26-25-21(29)14-17-8-4-3-5-9-17)23(30)28(20)16-27-12-6-1-2-7-13-27/h3-5,8-11,15,30H,1-2,6-7,12-14,16H2/p+1. The largest absolute Gasteiger partial charge is 0.493 e. The number of hydrogen-bond acceptors (Lipinski definition) is 3. The molecule has 1 aliphatic rings. The van der Waals surface area contributed by atoms with Crippen molar-refractivity contribution in [3.05, 3.63) is 58.6 Å². The van der Waals surface area contributed by atoms with Crippen molar-refractivity contribution in [2.75, 3.05) is 13.1 Å². The second-order valence-electron chi connectivity index (χ2n) is 7.84. The van der Waals surface area contributed by atoms with Gasteiger partial charge < -0.3 is 10.0 Å². The Morgan fingerprint density at radius 2 is 1.80 bits per heavy atom. The Morgan fingerprint density at radius 3 is 2.53 bits per heavy atom. The lowest BCUT2D eigenvalue weighted by atomic mass is 10.1. The number of carbonyl (C=O) groups excluding carboxylic acids is 1. The Labute approximate surface area is 184 Å². The van der Waals surface area contributed by atoms with Gasteiger partial charge in [-0.05, 0) is 49.4 Å². The Bertz CT molecular complexity index is 1050. The van der Waals surface area contributed by atoms with Crippen molar-refractivity contribution in [1.82, 2.24) is 4.57 Å². The van der Waals surface area contributed by atoms with Gasteiger partial charge in [0.1, 0.15) is 0 Å². The second kappa shape index (κ2) is 9.53. The molecule has 2 heterocycles. The van der Waals surface area contributed by atoms with Crippen LogP contribution in [-0.4, -0.2) is 28.7 Å². The molecule has 1 saturated heterocycles. The minimum Gasteiger partial charge on any atom is -0.493 e. The molecule has 0 aliphatic carbocycles. The Kier molecular flexibility index (Phi) is 6.59. The summed E-state index contributed by atoms with van der Waals surface area (Å²) in [6, 6.07) is 15.3. The van der Waals surface area contributed by atoms with Gasteiger partial charge in [-0.25, -0.2) is 0 Å². The van der Waals surface area contributed by atoms with Crippen LogP contribution >= 0.6 is 15.9 Å². The van der Waals surface area contributed by atoms with E-state index in [9.17, 15) is 9.90 Å². The molecule has 1 amide bonds. The molecule has 1 aliphatic heterocycles. The summed E-state index contributed by atoms with van der Waals surface area (Å²) in [6.45, 7) is 2.88. The molecule has 156 valence electrons. The average molecular weight is 470 g/mol. The predicted molar refractivity (Wildman–Crippen MR) is 120 cm³/mol. The molecule has 0 spiro atoms. The highest BCUT2D eigenvalue weighted by Crippen LogP contribution is 2.39. The van der Waals surface area contributed by atoms with Gasteiger partial charge in [0.2, 0.25) is 5.88 Å². The van der Waals surface area contributed by atoms with Crippen LogP contribution in [0.25, 0.3) is 10.9 Å². The summed E-state index contributed by atoms with van der Waals surface area (Å²) in [5.41, 5.74) is 2.14. The Morgan fingerprint density at radius 1 is 1.07 bits per heavy atom. The number of likely N-dealkylation sites (tertiary alicyclic amines) is 1. The van der Waals surface area contributed by atoms with Gasteiger partial charge in [0.25, 0.3) is 5.91 Å². The first-order valence-electron chi connectivity index (χ1n) is 10.4. The van der Waals surface area contributed by atoms with E-state index in [4.69, 9.17) is 0 Å². The summed E-state index contributed by atoms with van der Waals surface area (Å²) in [6.07, 6.45) is 5.16. The fourth-order valence-electron chi connectivity index (χ4n) is 4.08. The van der Waals surface area contributed by atoms with E-state index in [0.717, 1.165) is 34.0 Å². The number of rotatable bonds is 5. The molecule has 0 radical (unpaired) electrons. The van der Waals surface area contributed by atoms with E-state index in [1.807, 2.05) is 53.1 Å². The monoisotopic (exact) mass is 469 g/mol. The number of hydrogen-bond donors (Lipinski definition) is 2. The number of fused-ring (bicyclic) bond motifs is 1. The summed E-state index contributed by atoms with van der Waals surface area (Å²) in [7, 11) is 0. The third kappa shape index (κ3) is 4.79. The maximum absolute atomic E-state index is 12.3. The topological polar surface area (TPSA) is 71.4 Å². The van der Waals surface area contributed by atoms with Crippen LogP contribution in [-0.2, 0) is 17.9 Å². The van der Waals surface area contributed by atoms with Crippen LogP contribution in [0.1, 0.15) is 31.2 Å². The maximum atomic E-state index is 12.3. The molecule has 30 heavy (non-hydrogen) atoms. The summed E-state index contributed by atoms with van der Waals surface area (Å²) in [4.78, 5) is 13.7. The van der Waals surface area contributed by atoms with Gasteiger partial charge in [0.05, 0.1) is 25.0 Å². The van der Waals surface area contributed by atoms with Crippen molar-refractivity contribution in [2.24, 2.45) is 10.2 Å². The van der Waals surface area contributed by atoms with Gasteiger partial charge in [0, 0.05) is 9.86 Å². The lowest BCUT2D eigenvalue weighted by molar-refractivity contribution is -0.921. The van der Waals surface area contributed by atoms with Crippen molar-refractivity contribution in [3.8, 4) is 5.88 Å². The molecule has 2 aromatic carbocycles. The van der Waals surface area contributed by atoms with Crippen LogP contribution < -0.4 is 4.90 Å². The van der Waals surface area contributed by atoms with Gasteiger partial charge in [-0.15, -0.1) is 10.2 Å². The molecule has 1 fully saturated rings. The number of benzene rings is 2. The van der Waals surface area contributed by atoms with Gasteiger partial charge >= 0.3 is 0 Å². The second-order valence-corrected chi connectivity index (χ2v) is 8.76. The third-order valence-corrected chi connectivity index (χ3v) is 6.12. The van der Waals surface area contributed by atoms with Gasteiger partial charge in [-0.1, -0.05) is 46.3 Å². The van der Waals surface area contributed by atoms with Crippen LogP contribution in [0, 0.1) is 0 Å². The molecule has 1 aromatic heterocycles. The zero-order chi connectivity index (χ0) is 20.9. The summed E-state index contributed by atoms with van der Waals surface area (Å²) in [5, 5.41) is 19.8. The van der Waals surface area contributed by atoms with Crippen LogP contribution in [0.2, 0.25) is 0 Å². The van der Waals surface area contributed by atoms with Crippen molar-refractivity contribution < 1.29 is 14.8 Å². The number of quaternary nitrogens is 1. The Balaban J connectivity index is 1.62. The zero-order valence-electron chi connectivity index (χ0n) is 16.9. The first kappa shape index (κ1) is 20.8. The molecule has 4 rings (SSSR count). The van der Waals surface area contributed by atoms with Crippen LogP contribution in [0.5, 0.6) is 5.88 Å². The molecule has 0 bridgehead atoms. The summed E-state index contributed by atoms with van der Waals surface area (Å²) in [5.74, 6) is -0.272. The first-order chi connectivity index (χ1) is 14.6. The fraction of sp³-hybridized carbons (Fsp3) is 0.348. The first-order valence-corrected chi connectivity index (χ1v) is 11.2. The molecule has 2 N–H and O–H groups in total. The number of aromatic hydroxyl groups is 1. The minimum atomic E-state index is -0.338. The number of carbonyl (C=O) groups is 1. The van der Waals surface area contributed by atoms with Gasteiger partial charge in [-0.2, -0.15) is 0 Å². The lowest BCUT2D eigenvalue weighted by Gasteiger charge is -2.18. The van der Waals surface area contributed by atoms with E-state index in [2.05, 4.69) is 26.2 Å². The normalized spacial score (nSPS) is 15.6. The maximum Gasteiger partial charge on any atom is 0.269 e. The molecular weight excluding hydrogens is 444 g/mol. The number of halogens is 1. The van der Waals surface area contributed by atoms with Crippen molar-refractivity contribution in [3.63, 3.8) is 0 Å². The average Bonchev–Trinajstić information content (AvgIpc) is 2.90. The highest BCUT2D eigenvalue weighted by molar-refractivity contribution is 9.10. The summed E-state index contributed by atoms with van der Waals surface area (Å²) >= 11 is 3.50. The van der Waals surface area contributed by atoms with E-state index in [1.54, 1.807) is 0 Å². The van der Waals surface area contributed by atoms with E-state index < -0.39 is 0 Å². The predicted octanol–water partition coefficient (Wildman–Crippen LogP) is 4.38. The van der Waals surface area contributed by atoms with Crippen LogP contribution in [0.15, 0.2) is 63.2 Å². The number of nitrogens with one attached hydrogen (secondary N) is 1.